The fourth-order valence-corrected chi connectivity index (χ4v) is 3.93. The number of H-pyrrole nitrogens is 1. The highest BCUT2D eigenvalue weighted by molar-refractivity contribution is 5.88. The first kappa shape index (κ1) is 15.3. The van der Waals surface area contributed by atoms with Crippen molar-refractivity contribution in [2.24, 2.45) is 0 Å². The van der Waals surface area contributed by atoms with Crippen molar-refractivity contribution < 1.29 is 14.3 Å². The lowest BCUT2D eigenvalue weighted by Gasteiger charge is -2.31. The number of ether oxygens (including phenoxy) is 2. The van der Waals surface area contributed by atoms with Gasteiger partial charge in [0.1, 0.15) is 0 Å². The van der Waals surface area contributed by atoms with E-state index in [0.29, 0.717) is 6.42 Å². The molecule has 6 heteroatoms. The highest BCUT2D eigenvalue weighted by Crippen LogP contribution is 2.39. The van der Waals surface area contributed by atoms with Gasteiger partial charge in [-0.3, -0.25) is 10.1 Å². The lowest BCUT2D eigenvalue weighted by atomic mass is 9.90. The van der Waals surface area contributed by atoms with Gasteiger partial charge in [0.05, 0.1) is 12.1 Å². The summed E-state index contributed by atoms with van der Waals surface area (Å²) in [7, 11) is 1.67. The Morgan fingerprint density at radius 3 is 2.88 bits per heavy atom. The van der Waals surface area contributed by atoms with Gasteiger partial charge in [0, 0.05) is 23.6 Å². The molecule has 3 heterocycles. The smallest absolute Gasteiger partial charge is 0.237 e. The molecule has 2 aliphatic heterocycles. The Balaban J connectivity index is 1.65. The summed E-state index contributed by atoms with van der Waals surface area (Å²) in [5.74, 6) is 1.49. The number of carbonyl (C=O) groups excluding carboxylic acids is 1. The lowest BCUT2D eigenvalue weighted by molar-refractivity contribution is -0.122. The van der Waals surface area contributed by atoms with Crippen molar-refractivity contribution in [1.82, 2.24) is 15.6 Å². The second kappa shape index (κ2) is 5.78. The molecule has 2 aromatic carbocycles. The molecule has 6 nitrogen and oxygen atoms in total. The first-order valence-electron chi connectivity index (χ1n) is 8.71. The van der Waals surface area contributed by atoms with Crippen LogP contribution in [0.2, 0.25) is 0 Å². The number of likely N-dealkylation sites (N-methyl/N-ethyl adjacent to an activating group) is 1. The minimum atomic E-state index is -0.290. The molecule has 0 spiro atoms. The Morgan fingerprint density at radius 1 is 1.15 bits per heavy atom. The van der Waals surface area contributed by atoms with E-state index in [0.717, 1.165) is 28.3 Å². The number of aromatic nitrogens is 1. The summed E-state index contributed by atoms with van der Waals surface area (Å²) in [6, 6.07) is 13.7. The van der Waals surface area contributed by atoms with Gasteiger partial charge in [-0.05, 0) is 35.7 Å². The fourth-order valence-electron chi connectivity index (χ4n) is 3.93. The summed E-state index contributed by atoms with van der Waals surface area (Å²) < 4.78 is 11.0. The summed E-state index contributed by atoms with van der Waals surface area (Å²) in [6.07, 6.45) is 0.653. The maximum Gasteiger partial charge on any atom is 0.237 e. The van der Waals surface area contributed by atoms with Crippen LogP contribution in [0.1, 0.15) is 22.9 Å². The number of aromatic amines is 1. The van der Waals surface area contributed by atoms with Crippen LogP contribution in [-0.4, -0.2) is 30.8 Å². The van der Waals surface area contributed by atoms with Gasteiger partial charge >= 0.3 is 0 Å². The Bertz CT molecular complexity index is 1010. The summed E-state index contributed by atoms with van der Waals surface area (Å²) in [6.45, 7) is 0.245. The van der Waals surface area contributed by atoms with E-state index in [-0.39, 0.29) is 24.8 Å². The molecular formula is C20H19N3O3. The standard InChI is InChI=1S/C20H19N3O3/c1-21-20(24)15-9-13-12-4-2-3-5-14(12)22-19(13)18(23-15)11-6-7-16-17(8-11)26-10-25-16/h2-8,15,18,22-23H,9-10H2,1H3,(H,21,24)/t15-,18+/m1/s1. The molecule has 1 amide bonds. The van der Waals surface area contributed by atoms with Crippen LogP contribution in [-0.2, 0) is 11.2 Å². The van der Waals surface area contributed by atoms with Crippen LogP contribution in [0.5, 0.6) is 11.5 Å². The monoisotopic (exact) mass is 349 g/mol. The van der Waals surface area contributed by atoms with Gasteiger partial charge in [-0.25, -0.2) is 0 Å². The van der Waals surface area contributed by atoms with E-state index in [4.69, 9.17) is 9.47 Å². The van der Waals surface area contributed by atoms with Gasteiger partial charge in [-0.15, -0.1) is 0 Å². The zero-order chi connectivity index (χ0) is 17.7. The second-order valence-electron chi connectivity index (χ2n) is 6.65. The quantitative estimate of drug-likeness (QED) is 0.663. The van der Waals surface area contributed by atoms with Gasteiger partial charge in [0.15, 0.2) is 11.5 Å². The predicted octanol–water partition coefficient (Wildman–Crippen LogP) is 2.25. The molecular weight excluding hydrogens is 330 g/mol. The number of carbonyl (C=O) groups is 1. The second-order valence-corrected chi connectivity index (χ2v) is 6.65. The third-order valence-corrected chi connectivity index (χ3v) is 5.20. The SMILES string of the molecule is CNC(=O)[C@H]1Cc2c([nH]c3ccccc23)[C@H](c2ccc3c(c2)OCO3)N1. The van der Waals surface area contributed by atoms with Gasteiger partial charge < -0.3 is 19.8 Å². The Labute approximate surface area is 150 Å². The van der Waals surface area contributed by atoms with E-state index in [1.807, 2.05) is 30.3 Å². The Hall–Kier alpha value is -2.99. The molecule has 2 aliphatic rings. The topological polar surface area (TPSA) is 75.4 Å². The van der Waals surface area contributed by atoms with Crippen LogP contribution in [0.15, 0.2) is 42.5 Å². The summed E-state index contributed by atoms with van der Waals surface area (Å²) >= 11 is 0. The molecule has 0 radical (unpaired) electrons. The summed E-state index contributed by atoms with van der Waals surface area (Å²) in [5, 5.41) is 7.42. The zero-order valence-corrected chi connectivity index (χ0v) is 14.3. The zero-order valence-electron chi connectivity index (χ0n) is 14.3. The maximum absolute atomic E-state index is 12.4. The summed E-state index contributed by atoms with van der Waals surface area (Å²) in [4.78, 5) is 15.9. The van der Waals surface area contributed by atoms with Crippen LogP contribution < -0.4 is 20.1 Å². The van der Waals surface area contributed by atoms with E-state index < -0.39 is 0 Å². The summed E-state index contributed by atoms with van der Waals surface area (Å²) in [5.41, 5.74) is 4.42. The van der Waals surface area contributed by atoms with Crippen molar-refractivity contribution >= 4 is 16.8 Å². The largest absolute Gasteiger partial charge is 0.454 e. The molecule has 1 aromatic heterocycles. The molecule has 0 saturated heterocycles. The number of hydrogen-bond acceptors (Lipinski definition) is 4. The maximum atomic E-state index is 12.4. The molecule has 5 rings (SSSR count). The number of benzene rings is 2. The van der Waals surface area contributed by atoms with Crippen LogP contribution in [0.3, 0.4) is 0 Å². The molecule has 26 heavy (non-hydrogen) atoms. The first-order chi connectivity index (χ1) is 12.7. The third kappa shape index (κ3) is 2.26. The fraction of sp³-hybridized carbons (Fsp3) is 0.250. The molecule has 3 aromatic rings. The van der Waals surface area contributed by atoms with E-state index in [2.05, 4.69) is 27.8 Å². The van der Waals surface area contributed by atoms with Gasteiger partial charge in [0.25, 0.3) is 0 Å². The van der Waals surface area contributed by atoms with Crippen molar-refractivity contribution in [3.63, 3.8) is 0 Å². The normalized spacial score (nSPS) is 20.8. The van der Waals surface area contributed by atoms with E-state index >= 15 is 0 Å². The van der Waals surface area contributed by atoms with Crippen LogP contribution in [0, 0.1) is 0 Å². The molecule has 132 valence electrons. The molecule has 3 N–H and O–H groups in total. The first-order valence-corrected chi connectivity index (χ1v) is 8.71. The van der Waals surface area contributed by atoms with Gasteiger partial charge in [-0.1, -0.05) is 24.3 Å². The average molecular weight is 349 g/mol. The highest BCUT2D eigenvalue weighted by atomic mass is 16.7. The van der Waals surface area contributed by atoms with E-state index in [1.165, 1.54) is 10.9 Å². The predicted molar refractivity (Wildman–Crippen MR) is 97.4 cm³/mol. The number of amides is 1. The number of rotatable bonds is 2. The Kier molecular flexibility index (Phi) is 3.39. The number of fused-ring (bicyclic) bond motifs is 4. The minimum Gasteiger partial charge on any atom is -0.454 e. The van der Waals surface area contributed by atoms with E-state index in [9.17, 15) is 4.79 Å². The molecule has 0 bridgehead atoms. The minimum absolute atomic E-state index is 0.00771. The van der Waals surface area contributed by atoms with Crippen LogP contribution in [0.4, 0.5) is 0 Å². The number of hydrogen-bond donors (Lipinski definition) is 3. The van der Waals surface area contributed by atoms with Gasteiger partial charge in [0.2, 0.25) is 12.7 Å². The Morgan fingerprint density at radius 2 is 2.00 bits per heavy atom. The van der Waals surface area contributed by atoms with Crippen molar-refractivity contribution in [3.05, 3.63) is 59.3 Å². The molecule has 0 saturated carbocycles. The van der Waals surface area contributed by atoms with Crippen molar-refractivity contribution in [2.45, 2.75) is 18.5 Å². The number of nitrogens with one attached hydrogen (secondary N) is 3. The molecule has 2 atom stereocenters. The van der Waals surface area contributed by atoms with Crippen molar-refractivity contribution in [3.8, 4) is 11.5 Å². The van der Waals surface area contributed by atoms with Crippen LogP contribution in [0.25, 0.3) is 10.9 Å². The third-order valence-electron chi connectivity index (χ3n) is 5.20. The molecule has 0 fully saturated rings. The number of para-hydroxylation sites is 1. The average Bonchev–Trinajstić information content (AvgIpc) is 3.30. The van der Waals surface area contributed by atoms with Crippen LogP contribution >= 0.6 is 0 Å². The van der Waals surface area contributed by atoms with Crippen molar-refractivity contribution in [1.29, 1.82) is 0 Å². The lowest BCUT2D eigenvalue weighted by Crippen LogP contribution is -2.49. The van der Waals surface area contributed by atoms with Crippen molar-refractivity contribution in [2.75, 3.05) is 13.8 Å². The van der Waals surface area contributed by atoms with Gasteiger partial charge in [-0.2, -0.15) is 0 Å². The molecule has 0 aliphatic carbocycles. The molecule has 0 unspecified atom stereocenters. The highest BCUT2D eigenvalue weighted by Gasteiger charge is 2.34. The van der Waals surface area contributed by atoms with E-state index in [1.54, 1.807) is 7.05 Å².